The first-order valence-electron chi connectivity index (χ1n) is 7.80. The monoisotopic (exact) mass is 319 g/mol. The minimum absolute atomic E-state index is 0.719. The van der Waals surface area contributed by atoms with Gasteiger partial charge in [0, 0.05) is 36.9 Å². The van der Waals surface area contributed by atoms with Gasteiger partial charge in [0.15, 0.2) is 5.65 Å². The maximum Gasteiger partial charge on any atom is 0.158 e. The summed E-state index contributed by atoms with van der Waals surface area (Å²) in [6.45, 7) is 3.41. The second-order valence-electron chi connectivity index (χ2n) is 5.48. The molecule has 0 atom stereocenters. The molecule has 0 bridgehead atoms. The molecular weight excluding hydrogens is 302 g/mol. The summed E-state index contributed by atoms with van der Waals surface area (Å²) in [6, 6.07) is 10.1. The quantitative estimate of drug-likeness (QED) is 0.550. The second-order valence-corrected chi connectivity index (χ2v) is 5.48. The van der Waals surface area contributed by atoms with E-state index in [1.807, 2.05) is 29.6 Å². The van der Waals surface area contributed by atoms with Crippen LogP contribution in [0.1, 0.15) is 5.69 Å². The van der Waals surface area contributed by atoms with Gasteiger partial charge in [-0.25, -0.2) is 14.5 Å². The zero-order valence-corrected chi connectivity index (χ0v) is 13.3. The molecular formula is C17H17N7. The lowest BCUT2D eigenvalue weighted by atomic mass is 10.2. The second kappa shape index (κ2) is 6.11. The number of fused-ring (bicyclic) bond motifs is 3. The Hall–Kier alpha value is -3.22. The Balaban J connectivity index is 1.56. The van der Waals surface area contributed by atoms with E-state index in [0.29, 0.717) is 0 Å². The molecule has 0 spiro atoms. The smallest absolute Gasteiger partial charge is 0.158 e. The zero-order chi connectivity index (χ0) is 16.4. The summed E-state index contributed by atoms with van der Waals surface area (Å²) in [6.07, 6.45) is 5.03. The summed E-state index contributed by atoms with van der Waals surface area (Å²) < 4.78 is 1.88. The maximum absolute atomic E-state index is 4.70. The van der Waals surface area contributed by atoms with Crippen molar-refractivity contribution in [1.82, 2.24) is 24.6 Å². The number of aromatic nitrogens is 5. The van der Waals surface area contributed by atoms with Gasteiger partial charge in [0.05, 0.1) is 17.4 Å². The van der Waals surface area contributed by atoms with Crippen molar-refractivity contribution in [2.75, 3.05) is 23.7 Å². The van der Waals surface area contributed by atoms with Crippen LogP contribution in [-0.2, 0) is 0 Å². The van der Waals surface area contributed by atoms with Gasteiger partial charge in [0.1, 0.15) is 11.6 Å². The molecule has 7 heteroatoms. The Labute approximate surface area is 138 Å². The van der Waals surface area contributed by atoms with Gasteiger partial charge in [0.25, 0.3) is 0 Å². The number of anilines is 2. The minimum atomic E-state index is 0.719. The summed E-state index contributed by atoms with van der Waals surface area (Å²) in [7, 11) is 0. The average Bonchev–Trinajstić information content (AvgIpc) is 3.00. The molecule has 4 rings (SSSR count). The molecule has 0 radical (unpaired) electrons. The van der Waals surface area contributed by atoms with Crippen LogP contribution in [0.3, 0.4) is 0 Å². The zero-order valence-electron chi connectivity index (χ0n) is 13.3. The van der Waals surface area contributed by atoms with Crippen molar-refractivity contribution in [2.24, 2.45) is 0 Å². The predicted octanol–water partition coefficient (Wildman–Crippen LogP) is 2.50. The first kappa shape index (κ1) is 14.4. The standard InChI is InChI=1S/C17H17N7/c1-12-10-16-22-17(13-4-2-3-5-14(13)24(16)23-12)21-9-8-20-15-11-18-6-7-19-15/h2-7,10-11H,8-9H2,1H3,(H,19,20)(H,21,22). The predicted molar refractivity (Wildman–Crippen MR) is 94.2 cm³/mol. The van der Waals surface area contributed by atoms with Crippen LogP contribution < -0.4 is 10.6 Å². The Morgan fingerprint density at radius 3 is 2.83 bits per heavy atom. The van der Waals surface area contributed by atoms with Gasteiger partial charge < -0.3 is 10.6 Å². The number of nitrogens with zero attached hydrogens (tertiary/aromatic N) is 5. The van der Waals surface area contributed by atoms with Gasteiger partial charge in [-0.1, -0.05) is 12.1 Å². The molecule has 2 N–H and O–H groups in total. The highest BCUT2D eigenvalue weighted by molar-refractivity contribution is 5.91. The lowest BCUT2D eigenvalue weighted by molar-refractivity contribution is 0.953. The van der Waals surface area contributed by atoms with Crippen LogP contribution in [0.4, 0.5) is 11.6 Å². The molecule has 0 fully saturated rings. The van der Waals surface area contributed by atoms with Gasteiger partial charge in [-0.3, -0.25) is 4.98 Å². The van der Waals surface area contributed by atoms with Crippen LogP contribution in [0, 0.1) is 6.92 Å². The van der Waals surface area contributed by atoms with Crippen molar-refractivity contribution in [1.29, 1.82) is 0 Å². The molecule has 0 unspecified atom stereocenters. The molecule has 0 aliphatic rings. The number of para-hydroxylation sites is 1. The summed E-state index contributed by atoms with van der Waals surface area (Å²) >= 11 is 0. The van der Waals surface area contributed by atoms with Gasteiger partial charge in [-0.05, 0) is 19.1 Å². The average molecular weight is 319 g/mol. The number of nitrogens with one attached hydrogen (secondary N) is 2. The Morgan fingerprint density at radius 1 is 1.08 bits per heavy atom. The third-order valence-corrected chi connectivity index (χ3v) is 3.71. The topological polar surface area (TPSA) is 80.0 Å². The Morgan fingerprint density at radius 2 is 1.96 bits per heavy atom. The van der Waals surface area contributed by atoms with Crippen LogP contribution in [0.25, 0.3) is 16.6 Å². The molecule has 4 aromatic rings. The summed E-state index contributed by atoms with van der Waals surface area (Å²) in [4.78, 5) is 12.9. The van der Waals surface area contributed by atoms with E-state index in [0.717, 1.165) is 47.0 Å². The molecule has 0 saturated carbocycles. The lowest BCUT2D eigenvalue weighted by Crippen LogP contribution is -2.15. The van der Waals surface area contributed by atoms with E-state index < -0.39 is 0 Å². The van der Waals surface area contributed by atoms with E-state index in [1.165, 1.54) is 0 Å². The van der Waals surface area contributed by atoms with Crippen molar-refractivity contribution in [3.63, 3.8) is 0 Å². The normalized spacial score (nSPS) is 11.0. The third-order valence-electron chi connectivity index (χ3n) is 3.71. The third kappa shape index (κ3) is 2.71. The van der Waals surface area contributed by atoms with Crippen molar-refractivity contribution in [2.45, 2.75) is 6.92 Å². The van der Waals surface area contributed by atoms with E-state index in [-0.39, 0.29) is 0 Å². The number of hydrogen-bond donors (Lipinski definition) is 2. The molecule has 7 nitrogen and oxygen atoms in total. The van der Waals surface area contributed by atoms with Crippen molar-refractivity contribution < 1.29 is 0 Å². The number of benzene rings is 1. The Kier molecular flexibility index (Phi) is 3.66. The molecule has 1 aromatic carbocycles. The fourth-order valence-corrected chi connectivity index (χ4v) is 2.67. The molecule has 0 amide bonds. The van der Waals surface area contributed by atoms with Gasteiger partial charge >= 0.3 is 0 Å². The SMILES string of the molecule is Cc1cc2nc(NCCNc3cnccn3)c3ccccc3n2n1. The van der Waals surface area contributed by atoms with Gasteiger partial charge in [-0.2, -0.15) is 5.10 Å². The lowest BCUT2D eigenvalue weighted by Gasteiger charge is -2.11. The van der Waals surface area contributed by atoms with Crippen molar-refractivity contribution in [3.8, 4) is 0 Å². The van der Waals surface area contributed by atoms with Crippen LogP contribution in [-0.4, -0.2) is 37.7 Å². The van der Waals surface area contributed by atoms with E-state index in [4.69, 9.17) is 4.98 Å². The number of rotatable bonds is 5. The van der Waals surface area contributed by atoms with E-state index in [2.05, 4.69) is 37.8 Å². The van der Waals surface area contributed by atoms with Crippen LogP contribution in [0.5, 0.6) is 0 Å². The van der Waals surface area contributed by atoms with Crippen LogP contribution in [0.15, 0.2) is 48.9 Å². The molecule has 0 aliphatic heterocycles. The fraction of sp³-hybridized carbons (Fsp3) is 0.176. The van der Waals surface area contributed by atoms with Crippen molar-refractivity contribution in [3.05, 3.63) is 54.6 Å². The van der Waals surface area contributed by atoms with E-state index >= 15 is 0 Å². The van der Waals surface area contributed by atoms with Gasteiger partial charge in [0.2, 0.25) is 0 Å². The summed E-state index contributed by atoms with van der Waals surface area (Å²) in [5.74, 6) is 1.62. The first-order valence-corrected chi connectivity index (χ1v) is 7.80. The first-order chi connectivity index (χ1) is 11.8. The Bertz CT molecular complexity index is 978. The van der Waals surface area contributed by atoms with E-state index in [1.54, 1.807) is 18.6 Å². The highest BCUT2D eigenvalue weighted by Gasteiger charge is 2.09. The number of hydrogen-bond acceptors (Lipinski definition) is 6. The molecule has 3 aromatic heterocycles. The fourth-order valence-electron chi connectivity index (χ4n) is 2.67. The summed E-state index contributed by atoms with van der Waals surface area (Å²) in [5.41, 5.74) is 2.84. The highest BCUT2D eigenvalue weighted by Crippen LogP contribution is 2.23. The highest BCUT2D eigenvalue weighted by atomic mass is 15.3. The largest absolute Gasteiger partial charge is 0.368 e. The molecule has 120 valence electrons. The minimum Gasteiger partial charge on any atom is -0.368 e. The van der Waals surface area contributed by atoms with Crippen LogP contribution in [0.2, 0.25) is 0 Å². The molecule has 0 saturated heterocycles. The maximum atomic E-state index is 4.70. The molecule has 0 aliphatic carbocycles. The number of aryl methyl sites for hydroxylation is 1. The molecule has 3 heterocycles. The van der Waals surface area contributed by atoms with E-state index in [9.17, 15) is 0 Å². The van der Waals surface area contributed by atoms with Crippen molar-refractivity contribution >= 4 is 28.2 Å². The van der Waals surface area contributed by atoms with Gasteiger partial charge in [-0.15, -0.1) is 0 Å². The van der Waals surface area contributed by atoms with Crippen LogP contribution >= 0.6 is 0 Å². The molecule has 24 heavy (non-hydrogen) atoms. The summed E-state index contributed by atoms with van der Waals surface area (Å²) in [5, 5.41) is 12.2.